The van der Waals surface area contributed by atoms with E-state index in [1.165, 1.54) is 0 Å². The molecule has 66 valence electrons. The van der Waals surface area contributed by atoms with Gasteiger partial charge in [-0.3, -0.25) is 4.90 Å². The molecule has 1 atom stereocenters. The zero-order valence-electron chi connectivity index (χ0n) is 7.45. The fourth-order valence-electron chi connectivity index (χ4n) is 1.36. The maximum absolute atomic E-state index is 9.21. The van der Waals surface area contributed by atoms with E-state index in [0.717, 1.165) is 32.6 Å². The lowest BCUT2D eigenvalue weighted by Gasteiger charge is -2.17. The van der Waals surface area contributed by atoms with E-state index < -0.39 is 0 Å². The van der Waals surface area contributed by atoms with Crippen LogP contribution in [-0.2, 0) is 0 Å². The summed E-state index contributed by atoms with van der Waals surface area (Å²) < 4.78 is 0. The van der Waals surface area contributed by atoms with Crippen LogP contribution in [0.15, 0.2) is 0 Å². The number of hydrogen-bond acceptors (Lipinski definition) is 3. The largest absolute Gasteiger partial charge is 0.392 e. The average Bonchev–Trinajstić information content (AvgIpc) is 2.31. The first kappa shape index (κ1) is 8.97. The third-order valence-corrected chi connectivity index (χ3v) is 2.11. The van der Waals surface area contributed by atoms with Crippen LogP contribution in [0, 0.1) is 0 Å². The molecule has 11 heavy (non-hydrogen) atoms. The smallest absolute Gasteiger partial charge is 0.0679 e. The maximum atomic E-state index is 9.21. The molecule has 0 unspecified atom stereocenters. The monoisotopic (exact) mass is 158 g/mol. The molecule has 1 rings (SSSR count). The van der Waals surface area contributed by atoms with Crippen molar-refractivity contribution in [1.29, 1.82) is 0 Å². The van der Waals surface area contributed by atoms with Gasteiger partial charge in [0.1, 0.15) is 0 Å². The van der Waals surface area contributed by atoms with Gasteiger partial charge < -0.3 is 10.0 Å². The molecule has 1 aliphatic rings. The first-order valence-electron chi connectivity index (χ1n) is 4.23. The molecule has 0 aromatic heterocycles. The summed E-state index contributed by atoms with van der Waals surface area (Å²) in [7, 11) is 4.15. The number of aliphatic hydroxyl groups excluding tert-OH is 1. The number of hydrogen-bond donors (Lipinski definition) is 1. The van der Waals surface area contributed by atoms with E-state index >= 15 is 0 Å². The second-order valence-electron chi connectivity index (χ2n) is 3.55. The van der Waals surface area contributed by atoms with Crippen molar-refractivity contribution in [3.05, 3.63) is 0 Å². The summed E-state index contributed by atoms with van der Waals surface area (Å²) in [6.45, 7) is 4.11. The van der Waals surface area contributed by atoms with Crippen LogP contribution in [-0.4, -0.2) is 61.3 Å². The number of likely N-dealkylation sites (tertiary alicyclic amines) is 1. The first-order valence-corrected chi connectivity index (χ1v) is 4.23. The van der Waals surface area contributed by atoms with Gasteiger partial charge in [-0.2, -0.15) is 0 Å². The van der Waals surface area contributed by atoms with Gasteiger partial charge in [0.05, 0.1) is 6.10 Å². The van der Waals surface area contributed by atoms with Gasteiger partial charge in [0.15, 0.2) is 0 Å². The predicted octanol–water partition coefficient (Wildman–Crippen LogP) is -0.385. The topological polar surface area (TPSA) is 26.7 Å². The van der Waals surface area contributed by atoms with Gasteiger partial charge in [-0.05, 0) is 20.5 Å². The number of β-amino-alcohol motifs (C(OH)–C–C–N with tert-alkyl or cyclic N) is 1. The fraction of sp³-hybridized carbons (Fsp3) is 1.00. The SMILES string of the molecule is CN(C)CCN1CC[C@H](O)C1. The standard InChI is InChI=1S/C8H18N2O/c1-9(2)5-6-10-4-3-8(11)7-10/h8,11H,3-7H2,1-2H3/t8-/m0/s1. The Hall–Kier alpha value is -0.120. The lowest BCUT2D eigenvalue weighted by molar-refractivity contribution is 0.173. The van der Waals surface area contributed by atoms with Crippen LogP contribution < -0.4 is 0 Å². The summed E-state index contributed by atoms with van der Waals surface area (Å²) in [6, 6.07) is 0. The minimum absolute atomic E-state index is 0.0721. The third kappa shape index (κ3) is 3.18. The molecule has 1 saturated heterocycles. The molecule has 0 aromatic carbocycles. The molecule has 0 aromatic rings. The lowest BCUT2D eigenvalue weighted by Crippen LogP contribution is -2.30. The quantitative estimate of drug-likeness (QED) is 0.606. The summed E-state index contributed by atoms with van der Waals surface area (Å²) in [5.74, 6) is 0. The molecule has 3 heteroatoms. The van der Waals surface area contributed by atoms with Crippen LogP contribution in [0.2, 0.25) is 0 Å². The van der Waals surface area contributed by atoms with E-state index in [1.807, 2.05) is 0 Å². The Labute approximate surface area is 68.6 Å². The van der Waals surface area contributed by atoms with Crippen molar-refractivity contribution in [3.8, 4) is 0 Å². The Morgan fingerprint density at radius 1 is 1.55 bits per heavy atom. The number of aliphatic hydroxyl groups is 1. The fourth-order valence-corrected chi connectivity index (χ4v) is 1.36. The molecule has 1 heterocycles. The summed E-state index contributed by atoms with van der Waals surface area (Å²) in [5, 5.41) is 9.21. The van der Waals surface area contributed by atoms with Crippen LogP contribution >= 0.6 is 0 Å². The molecule has 1 fully saturated rings. The highest BCUT2D eigenvalue weighted by Gasteiger charge is 2.19. The minimum Gasteiger partial charge on any atom is -0.392 e. The van der Waals surface area contributed by atoms with Crippen molar-refractivity contribution in [3.63, 3.8) is 0 Å². The Kier molecular flexibility index (Phi) is 3.30. The van der Waals surface area contributed by atoms with E-state index in [9.17, 15) is 5.11 Å². The van der Waals surface area contributed by atoms with Gasteiger partial charge in [-0.15, -0.1) is 0 Å². The van der Waals surface area contributed by atoms with E-state index in [4.69, 9.17) is 0 Å². The van der Waals surface area contributed by atoms with Gasteiger partial charge in [0.2, 0.25) is 0 Å². The molecule has 1 aliphatic heterocycles. The van der Waals surface area contributed by atoms with Gasteiger partial charge >= 0.3 is 0 Å². The van der Waals surface area contributed by atoms with Gasteiger partial charge in [-0.25, -0.2) is 0 Å². The highest BCUT2D eigenvalue weighted by atomic mass is 16.3. The zero-order chi connectivity index (χ0) is 8.27. The summed E-state index contributed by atoms with van der Waals surface area (Å²) in [4.78, 5) is 4.48. The lowest BCUT2D eigenvalue weighted by atomic mass is 10.3. The maximum Gasteiger partial charge on any atom is 0.0679 e. The molecular formula is C8H18N2O. The molecule has 0 amide bonds. The number of rotatable bonds is 3. The van der Waals surface area contributed by atoms with E-state index in [0.29, 0.717) is 0 Å². The van der Waals surface area contributed by atoms with E-state index in [2.05, 4.69) is 23.9 Å². The minimum atomic E-state index is -0.0721. The Morgan fingerprint density at radius 2 is 2.27 bits per heavy atom. The summed E-state index contributed by atoms with van der Waals surface area (Å²) in [6.07, 6.45) is 0.880. The number of likely N-dealkylation sites (N-methyl/N-ethyl adjacent to an activating group) is 1. The molecule has 0 saturated carbocycles. The highest BCUT2D eigenvalue weighted by molar-refractivity contribution is 4.74. The van der Waals surface area contributed by atoms with Crippen molar-refractivity contribution in [2.45, 2.75) is 12.5 Å². The predicted molar refractivity (Wildman–Crippen MR) is 45.6 cm³/mol. The van der Waals surface area contributed by atoms with E-state index in [1.54, 1.807) is 0 Å². The van der Waals surface area contributed by atoms with Crippen molar-refractivity contribution in [2.24, 2.45) is 0 Å². The van der Waals surface area contributed by atoms with Crippen LogP contribution in [0.25, 0.3) is 0 Å². The Bertz CT molecular complexity index is 117. The van der Waals surface area contributed by atoms with Crippen LogP contribution in [0.5, 0.6) is 0 Å². The van der Waals surface area contributed by atoms with Gasteiger partial charge in [0, 0.05) is 26.2 Å². The average molecular weight is 158 g/mol. The second-order valence-corrected chi connectivity index (χ2v) is 3.55. The zero-order valence-corrected chi connectivity index (χ0v) is 7.45. The molecule has 1 N–H and O–H groups in total. The molecule has 0 radical (unpaired) electrons. The second kappa shape index (κ2) is 4.04. The molecule has 3 nitrogen and oxygen atoms in total. The molecule has 0 bridgehead atoms. The van der Waals surface area contributed by atoms with Crippen molar-refractivity contribution in [1.82, 2.24) is 9.80 Å². The molecular weight excluding hydrogens is 140 g/mol. The molecule has 0 spiro atoms. The van der Waals surface area contributed by atoms with Crippen molar-refractivity contribution < 1.29 is 5.11 Å². The Morgan fingerprint density at radius 3 is 2.73 bits per heavy atom. The van der Waals surface area contributed by atoms with E-state index in [-0.39, 0.29) is 6.10 Å². The Balaban J connectivity index is 2.08. The van der Waals surface area contributed by atoms with Gasteiger partial charge in [-0.1, -0.05) is 0 Å². The van der Waals surface area contributed by atoms with Crippen LogP contribution in [0.4, 0.5) is 0 Å². The van der Waals surface area contributed by atoms with Crippen LogP contribution in [0.3, 0.4) is 0 Å². The summed E-state index contributed by atoms with van der Waals surface area (Å²) in [5.41, 5.74) is 0. The molecule has 0 aliphatic carbocycles. The highest BCUT2D eigenvalue weighted by Crippen LogP contribution is 2.07. The van der Waals surface area contributed by atoms with Gasteiger partial charge in [0.25, 0.3) is 0 Å². The summed E-state index contributed by atoms with van der Waals surface area (Å²) >= 11 is 0. The first-order chi connectivity index (χ1) is 5.18. The third-order valence-electron chi connectivity index (χ3n) is 2.11. The van der Waals surface area contributed by atoms with Crippen LogP contribution in [0.1, 0.15) is 6.42 Å². The number of nitrogens with zero attached hydrogens (tertiary/aromatic N) is 2. The van der Waals surface area contributed by atoms with Crippen molar-refractivity contribution >= 4 is 0 Å². The normalized spacial score (nSPS) is 26.7. The van der Waals surface area contributed by atoms with Crippen molar-refractivity contribution in [2.75, 3.05) is 40.3 Å².